The third-order valence-electron chi connectivity index (χ3n) is 5.42. The van der Waals surface area contributed by atoms with E-state index in [1.807, 2.05) is 28.0 Å². The highest BCUT2D eigenvalue weighted by molar-refractivity contribution is 5.82. The quantitative estimate of drug-likeness (QED) is 0.794. The van der Waals surface area contributed by atoms with E-state index in [9.17, 15) is 14.4 Å². The minimum absolute atomic E-state index is 0.0657. The zero-order chi connectivity index (χ0) is 19.6. The van der Waals surface area contributed by atoms with Gasteiger partial charge in [-0.1, -0.05) is 19.4 Å². The van der Waals surface area contributed by atoms with Gasteiger partial charge in [-0.25, -0.2) is 4.79 Å². The first-order valence-corrected chi connectivity index (χ1v) is 9.62. The largest absolute Gasteiger partial charge is 0.339 e. The Balaban J connectivity index is 1.61. The summed E-state index contributed by atoms with van der Waals surface area (Å²) in [5, 5.41) is 0. The van der Waals surface area contributed by atoms with Gasteiger partial charge in [0.15, 0.2) is 0 Å². The van der Waals surface area contributed by atoms with Crippen LogP contribution >= 0.6 is 0 Å². The van der Waals surface area contributed by atoms with Crippen molar-refractivity contribution in [2.75, 3.05) is 26.2 Å². The number of aryl methyl sites for hydroxylation is 2. The highest BCUT2D eigenvalue weighted by atomic mass is 16.2. The van der Waals surface area contributed by atoms with Gasteiger partial charge in [0.1, 0.15) is 0 Å². The molecule has 3 rings (SSSR count). The van der Waals surface area contributed by atoms with E-state index >= 15 is 0 Å². The zero-order valence-corrected chi connectivity index (χ0v) is 16.4. The standard InChI is InChI=1S/C20H28N4O3/c1-4-5-6-18(25)23-9-11-24(12-10-23)19(26)14-15-7-8-16-17(13-15)22(3)20(27)21(16)2/h7-8,13H,4-6,9-12,14H2,1-3H3. The Bertz CT molecular complexity index is 904. The van der Waals surface area contributed by atoms with E-state index in [0.29, 0.717) is 39.0 Å². The summed E-state index contributed by atoms with van der Waals surface area (Å²) in [6, 6.07) is 5.72. The topological polar surface area (TPSA) is 67.6 Å². The summed E-state index contributed by atoms with van der Waals surface area (Å²) in [6.45, 7) is 4.47. The molecule has 1 aliphatic heterocycles. The van der Waals surface area contributed by atoms with Crippen molar-refractivity contribution < 1.29 is 9.59 Å². The van der Waals surface area contributed by atoms with E-state index in [2.05, 4.69) is 6.92 Å². The fraction of sp³-hybridized carbons (Fsp3) is 0.550. The molecule has 0 saturated carbocycles. The summed E-state index contributed by atoms with van der Waals surface area (Å²) in [7, 11) is 3.49. The molecule has 0 bridgehead atoms. The second-order valence-electron chi connectivity index (χ2n) is 7.27. The number of hydrogen-bond acceptors (Lipinski definition) is 3. The summed E-state index contributed by atoms with van der Waals surface area (Å²) >= 11 is 0. The smallest absolute Gasteiger partial charge is 0.328 e. The number of unbranched alkanes of at least 4 members (excludes halogenated alkanes) is 1. The molecule has 1 aromatic heterocycles. The van der Waals surface area contributed by atoms with Gasteiger partial charge in [-0.15, -0.1) is 0 Å². The lowest BCUT2D eigenvalue weighted by Crippen LogP contribution is -2.50. The average Bonchev–Trinajstić information content (AvgIpc) is 2.90. The molecule has 2 heterocycles. The number of nitrogens with zero attached hydrogens (tertiary/aromatic N) is 4. The predicted octanol–water partition coefficient (Wildman–Crippen LogP) is 1.28. The van der Waals surface area contributed by atoms with Crippen molar-refractivity contribution >= 4 is 22.8 Å². The molecule has 0 radical (unpaired) electrons. The second-order valence-corrected chi connectivity index (χ2v) is 7.27. The molecule has 1 aromatic carbocycles. The van der Waals surface area contributed by atoms with Crippen molar-refractivity contribution in [3.05, 3.63) is 34.2 Å². The molecule has 0 aliphatic carbocycles. The Kier molecular flexibility index (Phi) is 5.68. The SMILES string of the molecule is CCCCC(=O)N1CCN(C(=O)Cc2ccc3c(c2)n(C)c(=O)n3C)CC1. The highest BCUT2D eigenvalue weighted by Crippen LogP contribution is 2.16. The molecular formula is C20H28N4O3. The normalized spacial score (nSPS) is 14.8. The minimum atomic E-state index is -0.0719. The Hall–Kier alpha value is -2.57. The molecule has 2 amide bonds. The van der Waals surface area contributed by atoms with Gasteiger partial charge in [-0.3, -0.25) is 18.7 Å². The van der Waals surface area contributed by atoms with E-state index in [-0.39, 0.29) is 17.5 Å². The number of aromatic nitrogens is 2. The molecule has 1 fully saturated rings. The summed E-state index contributed by atoms with van der Waals surface area (Å²) in [4.78, 5) is 40.5. The molecule has 0 unspecified atom stereocenters. The summed E-state index contributed by atoms with van der Waals surface area (Å²) in [6.07, 6.45) is 2.84. The molecule has 27 heavy (non-hydrogen) atoms. The Labute approximate surface area is 159 Å². The lowest BCUT2D eigenvalue weighted by atomic mass is 10.1. The van der Waals surface area contributed by atoms with E-state index in [1.54, 1.807) is 23.2 Å². The van der Waals surface area contributed by atoms with E-state index < -0.39 is 0 Å². The first kappa shape index (κ1) is 19.2. The van der Waals surface area contributed by atoms with Crippen molar-refractivity contribution in [2.24, 2.45) is 14.1 Å². The zero-order valence-electron chi connectivity index (χ0n) is 16.4. The van der Waals surface area contributed by atoms with Crippen LogP contribution < -0.4 is 5.69 Å². The van der Waals surface area contributed by atoms with Crippen LogP contribution in [0.5, 0.6) is 0 Å². The summed E-state index contributed by atoms with van der Waals surface area (Å²) in [5.41, 5.74) is 2.52. The molecule has 0 N–H and O–H groups in total. The number of carbonyl (C=O) groups excluding carboxylic acids is 2. The Morgan fingerprint density at radius 3 is 2.15 bits per heavy atom. The lowest BCUT2D eigenvalue weighted by molar-refractivity contribution is -0.139. The molecule has 0 atom stereocenters. The fourth-order valence-corrected chi connectivity index (χ4v) is 3.64. The molecular weight excluding hydrogens is 344 g/mol. The summed E-state index contributed by atoms with van der Waals surface area (Å²) in [5.74, 6) is 0.260. The third-order valence-corrected chi connectivity index (χ3v) is 5.42. The molecule has 7 nitrogen and oxygen atoms in total. The molecule has 1 saturated heterocycles. The Morgan fingerprint density at radius 2 is 1.52 bits per heavy atom. The van der Waals surface area contributed by atoms with Crippen molar-refractivity contribution in [2.45, 2.75) is 32.6 Å². The van der Waals surface area contributed by atoms with Crippen LogP contribution in [0.4, 0.5) is 0 Å². The number of imidazole rings is 1. The molecule has 0 spiro atoms. The number of carbonyl (C=O) groups is 2. The van der Waals surface area contributed by atoms with Crippen molar-refractivity contribution in [3.63, 3.8) is 0 Å². The van der Waals surface area contributed by atoms with Gasteiger partial charge in [0.05, 0.1) is 17.5 Å². The van der Waals surface area contributed by atoms with E-state index in [0.717, 1.165) is 29.4 Å². The number of fused-ring (bicyclic) bond motifs is 1. The van der Waals surface area contributed by atoms with Gasteiger partial charge < -0.3 is 9.80 Å². The Morgan fingerprint density at radius 1 is 0.926 bits per heavy atom. The maximum Gasteiger partial charge on any atom is 0.328 e. The van der Waals surface area contributed by atoms with Crippen molar-refractivity contribution in [3.8, 4) is 0 Å². The van der Waals surface area contributed by atoms with Crippen molar-refractivity contribution in [1.29, 1.82) is 0 Å². The minimum Gasteiger partial charge on any atom is -0.339 e. The van der Waals surface area contributed by atoms with Crippen LogP contribution in [0.2, 0.25) is 0 Å². The van der Waals surface area contributed by atoms with Gasteiger partial charge in [-0.2, -0.15) is 0 Å². The van der Waals surface area contributed by atoms with E-state index in [1.165, 1.54) is 0 Å². The van der Waals surface area contributed by atoms with E-state index in [4.69, 9.17) is 0 Å². The van der Waals surface area contributed by atoms with Gasteiger partial charge >= 0.3 is 5.69 Å². The first-order valence-electron chi connectivity index (χ1n) is 9.62. The van der Waals surface area contributed by atoms with Crippen molar-refractivity contribution in [1.82, 2.24) is 18.9 Å². The molecule has 2 aromatic rings. The van der Waals surface area contributed by atoms with Crippen LogP contribution in [0.25, 0.3) is 11.0 Å². The molecule has 1 aliphatic rings. The van der Waals surface area contributed by atoms with Crippen LogP contribution in [0.15, 0.2) is 23.0 Å². The van der Waals surface area contributed by atoms with Gasteiger partial charge in [0.25, 0.3) is 0 Å². The van der Waals surface area contributed by atoms with Crippen LogP contribution in [0.3, 0.4) is 0 Å². The third kappa shape index (κ3) is 3.91. The van der Waals surface area contributed by atoms with Gasteiger partial charge in [0, 0.05) is 46.7 Å². The molecule has 7 heteroatoms. The van der Waals surface area contributed by atoms with Crippen LogP contribution in [-0.4, -0.2) is 56.9 Å². The average molecular weight is 372 g/mol. The van der Waals surface area contributed by atoms with Crippen LogP contribution in [-0.2, 0) is 30.1 Å². The maximum absolute atomic E-state index is 12.7. The number of rotatable bonds is 5. The highest BCUT2D eigenvalue weighted by Gasteiger charge is 2.24. The van der Waals surface area contributed by atoms with Crippen LogP contribution in [0, 0.1) is 0 Å². The monoisotopic (exact) mass is 372 g/mol. The number of hydrogen-bond donors (Lipinski definition) is 0. The number of piperazine rings is 1. The van der Waals surface area contributed by atoms with Crippen LogP contribution in [0.1, 0.15) is 31.7 Å². The predicted molar refractivity (Wildman–Crippen MR) is 105 cm³/mol. The fourth-order valence-electron chi connectivity index (χ4n) is 3.64. The second kappa shape index (κ2) is 7.98. The number of amides is 2. The van der Waals surface area contributed by atoms with Gasteiger partial charge in [-0.05, 0) is 24.1 Å². The first-order chi connectivity index (χ1) is 12.9. The number of benzene rings is 1. The lowest BCUT2D eigenvalue weighted by Gasteiger charge is -2.35. The van der Waals surface area contributed by atoms with Gasteiger partial charge in [0.2, 0.25) is 11.8 Å². The maximum atomic E-state index is 12.7. The summed E-state index contributed by atoms with van der Waals surface area (Å²) < 4.78 is 3.21. The molecule has 146 valence electrons.